The quantitative estimate of drug-likeness (QED) is 0.860. The molecule has 0 bridgehead atoms. The maximum atomic E-state index is 11.8. The van der Waals surface area contributed by atoms with E-state index in [0.29, 0.717) is 17.9 Å². The lowest BCUT2D eigenvalue weighted by Gasteiger charge is -2.04. The molecule has 0 spiro atoms. The Balaban J connectivity index is 1.99. The van der Waals surface area contributed by atoms with Gasteiger partial charge in [-0.3, -0.25) is 9.78 Å². The summed E-state index contributed by atoms with van der Waals surface area (Å²) >= 11 is 1.52. The molecule has 0 aromatic carbocycles. The number of hydrogen-bond donors (Lipinski definition) is 2. The third kappa shape index (κ3) is 3.01. The first-order valence-corrected chi connectivity index (χ1v) is 5.97. The smallest absolute Gasteiger partial charge is 0.251 e. The number of nitrogens with one attached hydrogen (secondary N) is 2. The summed E-state index contributed by atoms with van der Waals surface area (Å²) in [6, 6.07) is 3.39. The first kappa shape index (κ1) is 11.5. The molecule has 0 aliphatic rings. The van der Waals surface area contributed by atoms with Gasteiger partial charge in [-0.1, -0.05) is 0 Å². The van der Waals surface area contributed by atoms with Gasteiger partial charge in [-0.05, 0) is 12.1 Å². The highest BCUT2D eigenvalue weighted by atomic mass is 32.1. The number of amides is 1. The first-order chi connectivity index (χ1) is 8.29. The summed E-state index contributed by atoms with van der Waals surface area (Å²) in [6.07, 6.45) is 3.35. The van der Waals surface area contributed by atoms with Crippen molar-refractivity contribution in [2.75, 3.05) is 12.4 Å². The fourth-order valence-electron chi connectivity index (χ4n) is 1.31. The zero-order chi connectivity index (χ0) is 12.1. The standard InChI is InChI=1S/C11H12N4OS/c1-12-10-4-8(2-3-14-10)11(16)15-6-9-5-13-7-17-9/h2-5,7H,6H2,1H3,(H,12,14)(H,15,16). The summed E-state index contributed by atoms with van der Waals surface area (Å²) in [5, 5.41) is 5.72. The molecule has 2 aromatic rings. The van der Waals surface area contributed by atoms with Crippen molar-refractivity contribution < 1.29 is 4.79 Å². The highest BCUT2D eigenvalue weighted by Gasteiger charge is 2.06. The van der Waals surface area contributed by atoms with Crippen LogP contribution in [0.15, 0.2) is 30.0 Å². The molecule has 2 rings (SSSR count). The SMILES string of the molecule is CNc1cc(C(=O)NCc2cncs2)ccn1. The van der Waals surface area contributed by atoms with Gasteiger partial charge in [-0.2, -0.15) is 0 Å². The van der Waals surface area contributed by atoms with Crippen LogP contribution in [0.1, 0.15) is 15.2 Å². The lowest BCUT2D eigenvalue weighted by Crippen LogP contribution is -2.22. The molecule has 0 aliphatic heterocycles. The number of hydrogen-bond acceptors (Lipinski definition) is 5. The van der Waals surface area contributed by atoms with Crippen LogP contribution in [0, 0.1) is 0 Å². The molecule has 88 valence electrons. The number of carbonyl (C=O) groups excluding carboxylic acids is 1. The van der Waals surface area contributed by atoms with E-state index < -0.39 is 0 Å². The molecule has 0 radical (unpaired) electrons. The van der Waals surface area contributed by atoms with E-state index in [4.69, 9.17) is 0 Å². The Kier molecular flexibility index (Phi) is 3.66. The molecule has 2 N–H and O–H groups in total. The van der Waals surface area contributed by atoms with Crippen LogP contribution >= 0.6 is 11.3 Å². The van der Waals surface area contributed by atoms with Crippen molar-refractivity contribution in [1.29, 1.82) is 0 Å². The van der Waals surface area contributed by atoms with Crippen molar-refractivity contribution in [2.45, 2.75) is 6.54 Å². The molecule has 1 amide bonds. The lowest BCUT2D eigenvalue weighted by molar-refractivity contribution is 0.0951. The number of pyridine rings is 1. The third-order valence-electron chi connectivity index (χ3n) is 2.18. The van der Waals surface area contributed by atoms with E-state index in [1.807, 2.05) is 0 Å². The van der Waals surface area contributed by atoms with Gasteiger partial charge in [-0.25, -0.2) is 4.98 Å². The Hall–Kier alpha value is -1.95. The van der Waals surface area contributed by atoms with E-state index in [-0.39, 0.29) is 5.91 Å². The lowest BCUT2D eigenvalue weighted by atomic mass is 10.2. The Morgan fingerprint density at radius 3 is 3.12 bits per heavy atom. The molecule has 2 heterocycles. The molecular weight excluding hydrogens is 236 g/mol. The minimum Gasteiger partial charge on any atom is -0.373 e. The topological polar surface area (TPSA) is 66.9 Å². The predicted octanol–water partition coefficient (Wildman–Crippen LogP) is 1.51. The van der Waals surface area contributed by atoms with E-state index in [2.05, 4.69) is 20.6 Å². The summed E-state index contributed by atoms with van der Waals surface area (Å²) in [5.41, 5.74) is 2.33. The number of rotatable bonds is 4. The van der Waals surface area contributed by atoms with Crippen LogP contribution in [-0.2, 0) is 6.54 Å². The van der Waals surface area contributed by atoms with Gasteiger partial charge in [0.05, 0.1) is 12.1 Å². The fourth-order valence-corrected chi connectivity index (χ4v) is 1.84. The number of nitrogens with zero attached hydrogens (tertiary/aromatic N) is 2. The Morgan fingerprint density at radius 1 is 1.53 bits per heavy atom. The predicted molar refractivity (Wildman–Crippen MR) is 67.1 cm³/mol. The average molecular weight is 248 g/mol. The van der Waals surface area contributed by atoms with E-state index in [1.54, 1.807) is 37.1 Å². The van der Waals surface area contributed by atoms with E-state index in [9.17, 15) is 4.79 Å². The molecule has 0 fully saturated rings. The molecule has 0 saturated carbocycles. The monoisotopic (exact) mass is 248 g/mol. The normalized spacial score (nSPS) is 9.94. The van der Waals surface area contributed by atoms with Gasteiger partial charge in [0, 0.05) is 29.9 Å². The van der Waals surface area contributed by atoms with Gasteiger partial charge < -0.3 is 10.6 Å². The van der Waals surface area contributed by atoms with Crippen LogP contribution in [0.25, 0.3) is 0 Å². The minimum absolute atomic E-state index is 0.114. The summed E-state index contributed by atoms with van der Waals surface area (Å²) in [6.45, 7) is 0.501. The molecule has 0 atom stereocenters. The molecular formula is C11H12N4OS. The zero-order valence-corrected chi connectivity index (χ0v) is 10.1. The summed E-state index contributed by atoms with van der Waals surface area (Å²) in [7, 11) is 1.77. The zero-order valence-electron chi connectivity index (χ0n) is 9.30. The number of anilines is 1. The molecule has 0 saturated heterocycles. The van der Waals surface area contributed by atoms with Crippen molar-refractivity contribution in [3.8, 4) is 0 Å². The number of carbonyl (C=O) groups is 1. The number of aromatic nitrogens is 2. The van der Waals surface area contributed by atoms with Crippen LogP contribution in [-0.4, -0.2) is 22.9 Å². The van der Waals surface area contributed by atoms with Gasteiger partial charge in [0.15, 0.2) is 0 Å². The summed E-state index contributed by atoms with van der Waals surface area (Å²) in [4.78, 5) is 20.9. The van der Waals surface area contributed by atoms with Crippen molar-refractivity contribution >= 4 is 23.1 Å². The van der Waals surface area contributed by atoms with Gasteiger partial charge in [0.2, 0.25) is 0 Å². The summed E-state index contributed by atoms with van der Waals surface area (Å²) < 4.78 is 0. The highest BCUT2D eigenvalue weighted by molar-refractivity contribution is 7.09. The van der Waals surface area contributed by atoms with E-state index >= 15 is 0 Å². The molecule has 2 aromatic heterocycles. The summed E-state index contributed by atoms with van der Waals surface area (Å²) in [5.74, 6) is 0.563. The second-order valence-electron chi connectivity index (χ2n) is 3.33. The fraction of sp³-hybridized carbons (Fsp3) is 0.182. The largest absolute Gasteiger partial charge is 0.373 e. The van der Waals surface area contributed by atoms with Crippen LogP contribution < -0.4 is 10.6 Å². The maximum absolute atomic E-state index is 11.8. The van der Waals surface area contributed by atoms with Crippen LogP contribution in [0.3, 0.4) is 0 Å². The van der Waals surface area contributed by atoms with Crippen LogP contribution in [0.4, 0.5) is 5.82 Å². The van der Waals surface area contributed by atoms with Crippen molar-refractivity contribution in [2.24, 2.45) is 0 Å². The van der Waals surface area contributed by atoms with E-state index in [1.165, 1.54) is 11.3 Å². The van der Waals surface area contributed by atoms with E-state index in [0.717, 1.165) is 4.88 Å². The van der Waals surface area contributed by atoms with Crippen molar-refractivity contribution in [1.82, 2.24) is 15.3 Å². The van der Waals surface area contributed by atoms with Crippen molar-refractivity contribution in [3.63, 3.8) is 0 Å². The molecule has 0 aliphatic carbocycles. The molecule has 6 heteroatoms. The average Bonchev–Trinajstić information content (AvgIpc) is 2.89. The van der Waals surface area contributed by atoms with Crippen molar-refractivity contribution in [3.05, 3.63) is 40.5 Å². The second-order valence-corrected chi connectivity index (χ2v) is 4.30. The van der Waals surface area contributed by atoms with Gasteiger partial charge in [0.1, 0.15) is 5.82 Å². The van der Waals surface area contributed by atoms with Gasteiger partial charge >= 0.3 is 0 Å². The Bertz CT molecular complexity index is 498. The van der Waals surface area contributed by atoms with Crippen LogP contribution in [0.2, 0.25) is 0 Å². The van der Waals surface area contributed by atoms with Gasteiger partial charge in [-0.15, -0.1) is 11.3 Å². The highest BCUT2D eigenvalue weighted by Crippen LogP contribution is 2.08. The first-order valence-electron chi connectivity index (χ1n) is 5.09. The molecule has 17 heavy (non-hydrogen) atoms. The molecule has 5 nitrogen and oxygen atoms in total. The molecule has 0 unspecified atom stereocenters. The Morgan fingerprint density at radius 2 is 2.41 bits per heavy atom. The second kappa shape index (κ2) is 5.40. The van der Waals surface area contributed by atoms with Crippen LogP contribution in [0.5, 0.6) is 0 Å². The third-order valence-corrected chi connectivity index (χ3v) is 2.96. The minimum atomic E-state index is -0.114. The maximum Gasteiger partial charge on any atom is 0.251 e. The van der Waals surface area contributed by atoms with Gasteiger partial charge in [0.25, 0.3) is 5.91 Å². The number of thiazole rings is 1. The Labute approximate surface area is 103 Å².